The van der Waals surface area contributed by atoms with Crippen LogP contribution in [0, 0.1) is 6.92 Å². The van der Waals surface area contributed by atoms with Gasteiger partial charge in [-0.2, -0.15) is 5.10 Å². The summed E-state index contributed by atoms with van der Waals surface area (Å²) in [4.78, 5) is 25.0. The Bertz CT molecular complexity index is 1350. The van der Waals surface area contributed by atoms with E-state index in [1.54, 1.807) is 26.1 Å². The number of benzene rings is 1. The molecule has 5 rings (SSSR count). The van der Waals surface area contributed by atoms with Crippen LogP contribution in [0.15, 0.2) is 36.5 Å². The molecule has 9 heteroatoms. The third-order valence-electron chi connectivity index (χ3n) is 7.17. The van der Waals surface area contributed by atoms with Gasteiger partial charge in [0, 0.05) is 12.0 Å². The summed E-state index contributed by atoms with van der Waals surface area (Å²) in [5.74, 6) is 0.906. The number of ether oxygens (including phenoxy) is 2. The molecule has 2 heterocycles. The van der Waals surface area contributed by atoms with Crippen molar-refractivity contribution in [1.29, 1.82) is 0 Å². The Kier molecular flexibility index (Phi) is 7.05. The topological polar surface area (TPSA) is 128 Å². The van der Waals surface area contributed by atoms with E-state index in [9.17, 15) is 14.7 Å². The van der Waals surface area contributed by atoms with Gasteiger partial charge in [-0.15, -0.1) is 0 Å². The van der Waals surface area contributed by atoms with Gasteiger partial charge in [-0.1, -0.05) is 6.07 Å². The Balaban J connectivity index is 1.24. The Morgan fingerprint density at radius 2 is 1.82 bits per heavy atom. The highest BCUT2D eigenvalue weighted by atomic mass is 16.5. The van der Waals surface area contributed by atoms with Gasteiger partial charge >= 0.3 is 0 Å². The molecule has 0 aliphatic heterocycles. The molecule has 0 radical (unpaired) electrons. The number of aliphatic hydroxyl groups is 1. The molecule has 0 unspecified atom stereocenters. The number of carbonyl (C=O) groups excluding carboxylic acids is 2. The number of rotatable bonds is 9. The number of primary amides is 1. The van der Waals surface area contributed by atoms with Crippen LogP contribution in [0.2, 0.25) is 0 Å². The number of hydrogen-bond acceptors (Lipinski definition) is 6. The first-order valence-electron chi connectivity index (χ1n) is 13.3. The second kappa shape index (κ2) is 10.3. The van der Waals surface area contributed by atoms with E-state index in [0.29, 0.717) is 28.5 Å². The molecule has 202 valence electrons. The van der Waals surface area contributed by atoms with Crippen LogP contribution in [0.3, 0.4) is 0 Å². The normalized spacial score (nSPS) is 19.8. The van der Waals surface area contributed by atoms with Crippen LogP contribution in [-0.2, 0) is 0 Å². The number of pyridine rings is 1. The molecule has 2 fully saturated rings. The maximum absolute atomic E-state index is 13.2. The summed E-state index contributed by atoms with van der Waals surface area (Å²) in [6.07, 6.45) is 6.75. The summed E-state index contributed by atoms with van der Waals surface area (Å²) in [5.41, 5.74) is 8.19. The van der Waals surface area contributed by atoms with E-state index in [0.717, 1.165) is 55.3 Å². The van der Waals surface area contributed by atoms with E-state index in [4.69, 9.17) is 15.2 Å². The van der Waals surface area contributed by atoms with Crippen molar-refractivity contribution >= 4 is 17.3 Å². The highest BCUT2D eigenvalue weighted by Gasteiger charge is 2.32. The van der Waals surface area contributed by atoms with Crippen LogP contribution in [-0.4, -0.2) is 50.9 Å². The van der Waals surface area contributed by atoms with Gasteiger partial charge in [0.05, 0.1) is 40.2 Å². The average Bonchev–Trinajstić information content (AvgIpc) is 3.60. The van der Waals surface area contributed by atoms with Crippen molar-refractivity contribution in [3.05, 3.63) is 58.9 Å². The number of carbonyl (C=O) groups is 2. The minimum atomic E-state index is -0.945. The fraction of sp³-hybridized carbons (Fsp3) is 0.483. The third kappa shape index (κ3) is 5.78. The second-order valence-electron chi connectivity index (χ2n) is 11.2. The number of nitrogens with zero attached hydrogens (tertiary/aromatic N) is 2. The number of amides is 2. The number of nitrogens with two attached hydrogens (primary N) is 1. The van der Waals surface area contributed by atoms with Gasteiger partial charge in [-0.05, 0) is 89.1 Å². The quantitative estimate of drug-likeness (QED) is 0.393. The van der Waals surface area contributed by atoms with Crippen LogP contribution >= 0.6 is 0 Å². The predicted molar refractivity (Wildman–Crippen MR) is 143 cm³/mol. The Labute approximate surface area is 222 Å². The lowest BCUT2D eigenvalue weighted by Crippen LogP contribution is -2.39. The Morgan fingerprint density at radius 3 is 2.47 bits per heavy atom. The molecular formula is C29H36N4O5. The molecule has 3 aromatic rings. The van der Waals surface area contributed by atoms with E-state index < -0.39 is 11.5 Å². The van der Waals surface area contributed by atoms with Crippen LogP contribution < -0.4 is 20.5 Å². The second-order valence-corrected chi connectivity index (χ2v) is 11.2. The number of aryl methyl sites for hydroxylation is 1. The molecule has 0 bridgehead atoms. The smallest absolute Gasteiger partial charge is 0.255 e. The van der Waals surface area contributed by atoms with Gasteiger partial charge in [0.15, 0.2) is 0 Å². The molecule has 38 heavy (non-hydrogen) atoms. The van der Waals surface area contributed by atoms with Gasteiger partial charge in [0.25, 0.3) is 11.8 Å². The van der Waals surface area contributed by atoms with E-state index in [1.165, 1.54) is 0 Å². The van der Waals surface area contributed by atoms with Gasteiger partial charge in [0.2, 0.25) is 0 Å². The molecule has 0 saturated heterocycles. The van der Waals surface area contributed by atoms with Crippen molar-refractivity contribution in [2.24, 2.45) is 5.73 Å². The first kappa shape index (κ1) is 26.0. The van der Waals surface area contributed by atoms with Gasteiger partial charge < -0.3 is 25.6 Å². The molecule has 9 nitrogen and oxygen atoms in total. The van der Waals surface area contributed by atoms with Crippen molar-refractivity contribution in [3.8, 4) is 11.5 Å². The van der Waals surface area contributed by atoms with E-state index in [-0.39, 0.29) is 24.7 Å². The number of nitrogens with one attached hydrogen (secondary N) is 1. The lowest BCUT2D eigenvalue weighted by atomic mass is 9.92. The largest absolute Gasteiger partial charge is 0.490 e. The lowest BCUT2D eigenvalue weighted by molar-refractivity contribution is 0.0279. The summed E-state index contributed by atoms with van der Waals surface area (Å²) < 4.78 is 13.9. The van der Waals surface area contributed by atoms with Crippen molar-refractivity contribution in [2.75, 3.05) is 6.61 Å². The zero-order valence-corrected chi connectivity index (χ0v) is 22.2. The van der Waals surface area contributed by atoms with Crippen LogP contribution in [0.25, 0.3) is 5.52 Å². The Morgan fingerprint density at radius 1 is 1.08 bits per heavy atom. The molecular weight excluding hydrogens is 484 g/mol. The van der Waals surface area contributed by atoms with E-state index in [2.05, 4.69) is 10.4 Å². The lowest BCUT2D eigenvalue weighted by Gasteiger charge is -2.30. The first-order valence-corrected chi connectivity index (χ1v) is 13.3. The molecule has 0 spiro atoms. The summed E-state index contributed by atoms with van der Waals surface area (Å²) in [6.45, 7) is 5.53. The highest BCUT2D eigenvalue weighted by Crippen LogP contribution is 2.44. The molecule has 4 N–H and O–H groups in total. The molecule has 2 amide bonds. The van der Waals surface area contributed by atoms with Crippen molar-refractivity contribution in [3.63, 3.8) is 0 Å². The summed E-state index contributed by atoms with van der Waals surface area (Å²) in [5, 5.41) is 17.8. The van der Waals surface area contributed by atoms with E-state index >= 15 is 0 Å². The fourth-order valence-electron chi connectivity index (χ4n) is 5.04. The standard InChI is InChI=1S/C29H36N4O5/c1-17-4-11-21(27(30)34)25(14-17)38-20-9-7-19(8-10-20)32-28(35)22-15-31-33-23(22)12-13-24(26(33)18-5-6-18)37-16-29(2,3)36/h4,11-15,18-20,36H,5-10,16H2,1-3H3,(H2,30,34)(H,32,35). The van der Waals surface area contributed by atoms with Gasteiger partial charge in [0.1, 0.15) is 18.1 Å². The average molecular weight is 521 g/mol. The van der Waals surface area contributed by atoms with Crippen molar-refractivity contribution in [1.82, 2.24) is 14.9 Å². The molecule has 2 saturated carbocycles. The maximum atomic E-state index is 13.2. The first-order chi connectivity index (χ1) is 18.1. The summed E-state index contributed by atoms with van der Waals surface area (Å²) in [6, 6.07) is 9.15. The highest BCUT2D eigenvalue weighted by molar-refractivity contribution is 6.01. The minimum absolute atomic E-state index is 0.0303. The molecule has 0 atom stereocenters. The maximum Gasteiger partial charge on any atom is 0.255 e. The monoisotopic (exact) mass is 520 g/mol. The van der Waals surface area contributed by atoms with E-state index in [1.807, 2.05) is 35.7 Å². The molecule has 2 aliphatic rings. The summed E-state index contributed by atoms with van der Waals surface area (Å²) >= 11 is 0. The predicted octanol–water partition coefficient (Wildman–Crippen LogP) is 3.89. The zero-order chi connectivity index (χ0) is 27.0. The molecule has 2 aromatic heterocycles. The number of fused-ring (bicyclic) bond motifs is 1. The SMILES string of the molecule is Cc1ccc(C(N)=O)c(OC2CCC(NC(=O)c3cnn4c(C5CC5)c(OCC(C)(C)O)ccc34)CC2)c1. The molecule has 2 aliphatic carbocycles. The number of aromatic nitrogens is 2. The number of hydrogen-bond donors (Lipinski definition) is 3. The van der Waals surface area contributed by atoms with Gasteiger partial charge in [-0.3, -0.25) is 9.59 Å². The Hall–Kier alpha value is -3.59. The molecule has 1 aromatic carbocycles. The van der Waals surface area contributed by atoms with Crippen LogP contribution in [0.1, 0.15) is 90.3 Å². The fourth-order valence-corrected chi connectivity index (χ4v) is 5.04. The van der Waals surface area contributed by atoms with Crippen molar-refractivity contribution in [2.45, 2.75) is 83.0 Å². The minimum Gasteiger partial charge on any atom is -0.490 e. The van der Waals surface area contributed by atoms with Crippen LogP contribution in [0.4, 0.5) is 0 Å². The summed E-state index contributed by atoms with van der Waals surface area (Å²) in [7, 11) is 0. The van der Waals surface area contributed by atoms with Crippen LogP contribution in [0.5, 0.6) is 11.5 Å². The third-order valence-corrected chi connectivity index (χ3v) is 7.17. The zero-order valence-electron chi connectivity index (χ0n) is 22.2. The van der Waals surface area contributed by atoms with Crippen molar-refractivity contribution < 1.29 is 24.2 Å². The van der Waals surface area contributed by atoms with Gasteiger partial charge in [-0.25, -0.2) is 4.52 Å².